The second-order valence-corrected chi connectivity index (χ2v) is 5.99. The van der Waals surface area contributed by atoms with Crippen LogP contribution in [0.5, 0.6) is 5.75 Å². The summed E-state index contributed by atoms with van der Waals surface area (Å²) in [5, 5.41) is 3.49. The van der Waals surface area contributed by atoms with Crippen molar-refractivity contribution in [2.75, 3.05) is 5.32 Å². The highest BCUT2D eigenvalue weighted by molar-refractivity contribution is 5.47. The zero-order valence-corrected chi connectivity index (χ0v) is 13.7. The molecule has 0 bridgehead atoms. The third kappa shape index (κ3) is 5.75. The minimum absolute atomic E-state index is 0.180. The molecule has 4 nitrogen and oxygen atoms in total. The lowest BCUT2D eigenvalue weighted by Gasteiger charge is -2.16. The number of ether oxygens (including phenoxy) is 1. The summed E-state index contributed by atoms with van der Waals surface area (Å²) in [5.74, 6) is 0.564. The molecule has 122 valence electrons. The van der Waals surface area contributed by atoms with Crippen LogP contribution in [0.25, 0.3) is 0 Å². The average Bonchev–Trinajstić information content (AvgIpc) is 2.51. The van der Waals surface area contributed by atoms with Gasteiger partial charge in [0.2, 0.25) is 0 Å². The van der Waals surface area contributed by atoms with Crippen LogP contribution in [-0.2, 0) is 17.6 Å². The first-order valence-corrected chi connectivity index (χ1v) is 7.87. The van der Waals surface area contributed by atoms with E-state index in [0.29, 0.717) is 18.3 Å². The number of carbonyl (C=O) groups excluding carboxylic acids is 1. The highest BCUT2D eigenvalue weighted by atomic mass is 16.5. The van der Waals surface area contributed by atoms with Gasteiger partial charge in [0.15, 0.2) is 0 Å². The Morgan fingerprint density at radius 2 is 1.57 bits per heavy atom. The van der Waals surface area contributed by atoms with E-state index in [1.54, 1.807) is 12.1 Å². The summed E-state index contributed by atoms with van der Waals surface area (Å²) < 4.78 is 4.79. The zero-order chi connectivity index (χ0) is 16.7. The molecule has 0 aliphatic carbocycles. The van der Waals surface area contributed by atoms with E-state index in [-0.39, 0.29) is 6.04 Å². The molecule has 0 fully saturated rings. The maximum Gasteiger partial charge on any atom is 0.298 e. The molecular weight excluding hydrogens is 288 g/mol. The number of rotatable bonds is 8. The molecule has 0 spiro atoms. The fourth-order valence-corrected chi connectivity index (χ4v) is 2.56. The second-order valence-electron chi connectivity index (χ2n) is 5.99. The van der Waals surface area contributed by atoms with Gasteiger partial charge in [-0.2, -0.15) is 0 Å². The van der Waals surface area contributed by atoms with Crippen molar-refractivity contribution >= 4 is 12.2 Å². The van der Waals surface area contributed by atoms with E-state index in [1.807, 2.05) is 19.1 Å². The average molecular weight is 312 g/mol. The van der Waals surface area contributed by atoms with Crippen LogP contribution in [0.3, 0.4) is 0 Å². The second kappa shape index (κ2) is 8.34. The SMILES string of the molecule is CC(N)Cc1ccc(NC(C)Cc2ccc(OC=O)cc2)cc1. The molecule has 3 N–H and O–H groups in total. The molecule has 0 saturated carbocycles. The molecule has 2 unspecified atom stereocenters. The van der Waals surface area contributed by atoms with Gasteiger partial charge in [0.05, 0.1) is 0 Å². The molecule has 0 heterocycles. The summed E-state index contributed by atoms with van der Waals surface area (Å²) in [6.07, 6.45) is 1.79. The van der Waals surface area contributed by atoms with Crippen molar-refractivity contribution in [2.45, 2.75) is 38.8 Å². The van der Waals surface area contributed by atoms with Crippen molar-refractivity contribution < 1.29 is 9.53 Å². The molecule has 0 saturated heterocycles. The number of carbonyl (C=O) groups is 1. The quantitative estimate of drug-likeness (QED) is 0.735. The smallest absolute Gasteiger partial charge is 0.298 e. The normalized spacial score (nSPS) is 13.2. The van der Waals surface area contributed by atoms with E-state index in [4.69, 9.17) is 10.5 Å². The molecule has 0 radical (unpaired) electrons. The van der Waals surface area contributed by atoms with Crippen LogP contribution in [0.4, 0.5) is 5.69 Å². The van der Waals surface area contributed by atoms with E-state index >= 15 is 0 Å². The molecule has 2 rings (SSSR count). The Kier molecular flexibility index (Phi) is 6.18. The van der Waals surface area contributed by atoms with Crippen LogP contribution in [-0.4, -0.2) is 18.6 Å². The zero-order valence-electron chi connectivity index (χ0n) is 13.7. The predicted molar refractivity (Wildman–Crippen MR) is 93.7 cm³/mol. The molecule has 0 aliphatic heterocycles. The van der Waals surface area contributed by atoms with Gasteiger partial charge in [0, 0.05) is 17.8 Å². The van der Waals surface area contributed by atoms with Crippen molar-refractivity contribution in [1.82, 2.24) is 0 Å². The van der Waals surface area contributed by atoms with Crippen LogP contribution in [0.2, 0.25) is 0 Å². The molecule has 2 aromatic carbocycles. The molecule has 0 amide bonds. The minimum Gasteiger partial charge on any atom is -0.429 e. The van der Waals surface area contributed by atoms with Crippen LogP contribution in [0, 0.1) is 0 Å². The molecule has 2 atom stereocenters. The first-order chi connectivity index (χ1) is 11.1. The summed E-state index contributed by atoms with van der Waals surface area (Å²) in [6.45, 7) is 4.60. The van der Waals surface area contributed by atoms with Crippen LogP contribution in [0.15, 0.2) is 48.5 Å². The van der Waals surface area contributed by atoms with Crippen molar-refractivity contribution in [3.8, 4) is 5.75 Å². The Labute approximate surface area is 137 Å². The van der Waals surface area contributed by atoms with Crippen molar-refractivity contribution in [1.29, 1.82) is 0 Å². The molecular formula is C19H24N2O2. The van der Waals surface area contributed by atoms with E-state index in [2.05, 4.69) is 36.5 Å². The first kappa shape index (κ1) is 17.0. The van der Waals surface area contributed by atoms with Crippen LogP contribution >= 0.6 is 0 Å². The van der Waals surface area contributed by atoms with Gasteiger partial charge in [-0.05, 0) is 62.1 Å². The lowest BCUT2D eigenvalue weighted by atomic mass is 10.1. The van der Waals surface area contributed by atoms with Gasteiger partial charge in [-0.15, -0.1) is 0 Å². The topological polar surface area (TPSA) is 64.3 Å². The van der Waals surface area contributed by atoms with Gasteiger partial charge in [0.25, 0.3) is 6.47 Å². The fraction of sp³-hybridized carbons (Fsp3) is 0.316. The van der Waals surface area contributed by atoms with Gasteiger partial charge in [-0.3, -0.25) is 4.79 Å². The van der Waals surface area contributed by atoms with Crippen LogP contribution < -0.4 is 15.8 Å². The van der Waals surface area contributed by atoms with Gasteiger partial charge >= 0.3 is 0 Å². The maximum absolute atomic E-state index is 10.3. The third-order valence-electron chi connectivity index (χ3n) is 3.57. The number of hydrogen-bond acceptors (Lipinski definition) is 4. The number of benzene rings is 2. The largest absolute Gasteiger partial charge is 0.429 e. The summed E-state index contributed by atoms with van der Waals surface area (Å²) in [4.78, 5) is 10.3. The number of anilines is 1. The Balaban J connectivity index is 1.88. The Bertz CT molecular complexity index is 606. The molecule has 0 aromatic heterocycles. The van der Waals surface area contributed by atoms with E-state index in [1.165, 1.54) is 11.1 Å². The monoisotopic (exact) mass is 312 g/mol. The van der Waals surface area contributed by atoms with Gasteiger partial charge in [-0.25, -0.2) is 0 Å². The number of nitrogens with one attached hydrogen (secondary N) is 1. The highest BCUT2D eigenvalue weighted by Crippen LogP contribution is 2.16. The summed E-state index contributed by atoms with van der Waals surface area (Å²) in [5.41, 5.74) is 9.36. The standard InChI is InChI=1S/C19H24N2O2/c1-14(20)11-16-3-7-18(8-4-16)21-15(2)12-17-5-9-19(10-6-17)23-13-22/h3-10,13-15,21H,11-12,20H2,1-2H3. The summed E-state index contributed by atoms with van der Waals surface area (Å²) >= 11 is 0. The number of nitrogens with two attached hydrogens (primary N) is 1. The third-order valence-corrected chi connectivity index (χ3v) is 3.57. The molecule has 0 aliphatic rings. The minimum atomic E-state index is 0.180. The van der Waals surface area contributed by atoms with E-state index in [9.17, 15) is 4.79 Å². The number of hydrogen-bond donors (Lipinski definition) is 2. The molecule has 23 heavy (non-hydrogen) atoms. The molecule has 2 aromatic rings. The highest BCUT2D eigenvalue weighted by Gasteiger charge is 2.05. The summed E-state index contributed by atoms with van der Waals surface area (Å²) in [6, 6.07) is 16.5. The van der Waals surface area contributed by atoms with Crippen molar-refractivity contribution in [2.24, 2.45) is 5.73 Å². The van der Waals surface area contributed by atoms with Crippen molar-refractivity contribution in [3.63, 3.8) is 0 Å². The first-order valence-electron chi connectivity index (χ1n) is 7.87. The fourth-order valence-electron chi connectivity index (χ4n) is 2.56. The maximum atomic E-state index is 10.3. The lowest BCUT2D eigenvalue weighted by Crippen LogP contribution is -2.19. The van der Waals surface area contributed by atoms with Gasteiger partial charge in [-0.1, -0.05) is 24.3 Å². The lowest BCUT2D eigenvalue weighted by molar-refractivity contribution is -0.120. The predicted octanol–water partition coefficient (Wildman–Crippen LogP) is 3.15. The van der Waals surface area contributed by atoms with E-state index in [0.717, 1.165) is 18.5 Å². The van der Waals surface area contributed by atoms with E-state index < -0.39 is 0 Å². The van der Waals surface area contributed by atoms with Crippen LogP contribution in [0.1, 0.15) is 25.0 Å². The molecule has 4 heteroatoms. The van der Waals surface area contributed by atoms with Gasteiger partial charge < -0.3 is 15.8 Å². The van der Waals surface area contributed by atoms with Crippen molar-refractivity contribution in [3.05, 3.63) is 59.7 Å². The van der Waals surface area contributed by atoms with Gasteiger partial charge in [0.1, 0.15) is 5.75 Å². The Morgan fingerprint density at radius 3 is 2.13 bits per heavy atom. The summed E-state index contributed by atoms with van der Waals surface area (Å²) in [7, 11) is 0. The Hall–Kier alpha value is -2.33. The Morgan fingerprint density at radius 1 is 1.00 bits per heavy atom.